The average Bonchev–Trinajstić information content (AvgIpc) is 2.34. The summed E-state index contributed by atoms with van der Waals surface area (Å²) in [6.07, 6.45) is -0.836. The maximum absolute atomic E-state index is 11.9. The summed E-state index contributed by atoms with van der Waals surface area (Å²) in [5.41, 5.74) is 2.30. The first kappa shape index (κ1) is 15.1. The van der Waals surface area contributed by atoms with Gasteiger partial charge in [-0.1, -0.05) is 0 Å². The third kappa shape index (κ3) is 6.54. The van der Waals surface area contributed by atoms with Crippen LogP contribution in [0.2, 0.25) is 0 Å². The van der Waals surface area contributed by atoms with Gasteiger partial charge in [-0.25, -0.2) is 4.98 Å². The molecule has 14 heavy (non-hydrogen) atoms. The van der Waals surface area contributed by atoms with Gasteiger partial charge >= 0.3 is 58.4 Å². The molecule has 8 heteroatoms. The van der Waals surface area contributed by atoms with Crippen molar-refractivity contribution in [2.24, 2.45) is 0 Å². The maximum atomic E-state index is 11.9. The first-order chi connectivity index (χ1) is 5.97. The minimum absolute atomic E-state index is 0. The van der Waals surface area contributed by atoms with Gasteiger partial charge in [0.2, 0.25) is 0 Å². The summed E-state index contributed by atoms with van der Waals surface area (Å²) in [6, 6.07) is 0. The van der Waals surface area contributed by atoms with Crippen LogP contribution in [-0.2, 0) is 6.54 Å². The summed E-state index contributed by atoms with van der Waals surface area (Å²) in [5, 5.41) is 1.75. The van der Waals surface area contributed by atoms with Gasteiger partial charge in [-0.15, -0.1) is 11.3 Å². The summed E-state index contributed by atoms with van der Waals surface area (Å²) >= 11 is 1.39. The number of nitrogens with zero attached hydrogens (tertiary/aromatic N) is 2. The van der Waals surface area contributed by atoms with E-state index in [1.165, 1.54) is 23.3 Å². The van der Waals surface area contributed by atoms with Crippen molar-refractivity contribution in [2.75, 3.05) is 13.5 Å². The number of hydrogen-bond donors (Lipinski definition) is 0. The van der Waals surface area contributed by atoms with Crippen LogP contribution in [0, 0.1) is 0 Å². The molecule has 0 atom stereocenters. The molecule has 0 radical (unpaired) electrons. The molecule has 0 saturated carbocycles. The molecule has 0 saturated heterocycles. The number of hydrogen-bond acceptors (Lipinski definition) is 3. The van der Waals surface area contributed by atoms with Crippen molar-refractivity contribution in [3.8, 4) is 0 Å². The van der Waals surface area contributed by atoms with Gasteiger partial charge in [-0.3, -0.25) is 0 Å². The zero-order valence-corrected chi connectivity index (χ0v) is 12.0. The van der Waals surface area contributed by atoms with Gasteiger partial charge in [0, 0.05) is 11.9 Å². The van der Waals surface area contributed by atoms with E-state index in [2.05, 4.69) is 4.98 Å². The van der Waals surface area contributed by atoms with Crippen LogP contribution in [-0.4, -0.2) is 30.4 Å². The average molecular weight is 248 g/mol. The van der Waals surface area contributed by atoms with E-state index in [-0.39, 0.29) is 57.9 Å². The van der Waals surface area contributed by atoms with Gasteiger partial charge in [0.25, 0.3) is 0 Å². The molecule has 0 aliphatic rings. The molecule has 0 aliphatic heterocycles. The van der Waals surface area contributed by atoms with Crippen LogP contribution in [0.25, 0.3) is 0 Å². The molecule has 0 aromatic carbocycles. The predicted octanol–water partition coefficient (Wildman–Crippen LogP) is -1.03. The predicted molar refractivity (Wildman–Crippen MR) is 47.5 cm³/mol. The smallest absolute Gasteiger partial charge is 0.448 e. The Kier molecular flexibility index (Phi) is 7.13. The van der Waals surface area contributed by atoms with E-state index < -0.39 is 13.4 Å². The van der Waals surface area contributed by atoms with E-state index in [1.54, 1.807) is 10.9 Å². The van der Waals surface area contributed by atoms with Crippen LogP contribution >= 0.6 is 11.3 Å². The standard InChI is InChI=1S/C6H9BF3N2S.K/c1-12(4-7(8,9)10)2-6-3-13-5-11-6;/h3,5H,2,4H2,1H3;/q-1;+1. The van der Waals surface area contributed by atoms with Crippen LogP contribution in [0.1, 0.15) is 5.69 Å². The zero-order chi connectivity index (χ0) is 9.90. The van der Waals surface area contributed by atoms with E-state index in [0.717, 1.165) is 0 Å². The molecule has 0 spiro atoms. The van der Waals surface area contributed by atoms with E-state index in [1.807, 2.05) is 0 Å². The number of thiazole rings is 1. The fourth-order valence-electron chi connectivity index (χ4n) is 1.01. The zero-order valence-electron chi connectivity index (χ0n) is 8.08. The molecule has 74 valence electrons. The van der Waals surface area contributed by atoms with Crippen molar-refractivity contribution in [3.05, 3.63) is 16.6 Å². The van der Waals surface area contributed by atoms with Gasteiger partial charge in [-0.2, -0.15) is 0 Å². The van der Waals surface area contributed by atoms with Crippen molar-refractivity contribution in [2.45, 2.75) is 6.54 Å². The molecular weight excluding hydrogens is 239 g/mol. The molecule has 0 fully saturated rings. The third-order valence-electron chi connectivity index (χ3n) is 1.43. The normalized spacial score (nSPS) is 11.5. The van der Waals surface area contributed by atoms with E-state index in [9.17, 15) is 12.9 Å². The molecule has 0 N–H and O–H groups in total. The van der Waals surface area contributed by atoms with Gasteiger partial charge in [0.1, 0.15) is 0 Å². The van der Waals surface area contributed by atoms with Crippen molar-refractivity contribution in [1.29, 1.82) is 0 Å². The first-order valence-corrected chi connectivity index (χ1v) is 4.68. The topological polar surface area (TPSA) is 16.1 Å². The van der Waals surface area contributed by atoms with E-state index in [0.29, 0.717) is 5.69 Å². The SMILES string of the molecule is CN(Cc1cscn1)C[B-](F)(F)F.[K+]. The Morgan fingerprint density at radius 2 is 2.14 bits per heavy atom. The Hall–Kier alpha value is 1.08. The largest absolute Gasteiger partial charge is 1.00 e. The van der Waals surface area contributed by atoms with Crippen LogP contribution < -0.4 is 51.4 Å². The van der Waals surface area contributed by atoms with Crippen LogP contribution in [0.5, 0.6) is 0 Å². The Morgan fingerprint density at radius 1 is 1.50 bits per heavy atom. The fraction of sp³-hybridized carbons (Fsp3) is 0.500. The third-order valence-corrected chi connectivity index (χ3v) is 2.07. The second-order valence-electron chi connectivity index (χ2n) is 2.89. The molecule has 1 heterocycles. The second-order valence-corrected chi connectivity index (χ2v) is 3.61. The molecule has 0 bridgehead atoms. The summed E-state index contributed by atoms with van der Waals surface area (Å²) < 4.78 is 35.8. The number of aromatic nitrogens is 1. The van der Waals surface area contributed by atoms with Crippen molar-refractivity contribution in [1.82, 2.24) is 9.88 Å². The quantitative estimate of drug-likeness (QED) is 0.633. The monoisotopic (exact) mass is 248 g/mol. The molecule has 1 rings (SSSR count). The van der Waals surface area contributed by atoms with Gasteiger partial charge in [-0.05, 0) is 13.5 Å². The molecular formula is C6H9BF3KN2S. The Labute approximate surface area is 127 Å². The maximum Gasteiger partial charge on any atom is 1.00 e. The second kappa shape index (κ2) is 6.62. The van der Waals surface area contributed by atoms with Gasteiger partial charge in [0.05, 0.1) is 11.2 Å². The minimum atomic E-state index is -4.73. The Morgan fingerprint density at radius 3 is 2.57 bits per heavy atom. The van der Waals surface area contributed by atoms with E-state index >= 15 is 0 Å². The Balaban J connectivity index is 0.00000169. The first-order valence-electron chi connectivity index (χ1n) is 3.74. The Bertz CT molecular complexity index is 254. The molecule has 1 aromatic heterocycles. The van der Waals surface area contributed by atoms with Crippen molar-refractivity contribution >= 4 is 18.3 Å². The molecule has 0 aliphatic carbocycles. The summed E-state index contributed by atoms with van der Waals surface area (Å²) in [4.78, 5) is 5.12. The number of halogens is 3. The molecule has 2 nitrogen and oxygen atoms in total. The van der Waals surface area contributed by atoms with Crippen molar-refractivity contribution in [3.63, 3.8) is 0 Å². The van der Waals surface area contributed by atoms with E-state index in [4.69, 9.17) is 0 Å². The van der Waals surface area contributed by atoms with Crippen LogP contribution in [0.3, 0.4) is 0 Å². The fourth-order valence-corrected chi connectivity index (χ4v) is 1.56. The summed E-state index contributed by atoms with van der Waals surface area (Å²) in [7, 11) is 1.44. The van der Waals surface area contributed by atoms with Gasteiger partial charge in [0.15, 0.2) is 0 Å². The summed E-state index contributed by atoms with van der Waals surface area (Å²) in [5.74, 6) is 0. The summed E-state index contributed by atoms with van der Waals surface area (Å²) in [6.45, 7) is -4.47. The minimum Gasteiger partial charge on any atom is -0.448 e. The molecule has 1 aromatic rings. The van der Waals surface area contributed by atoms with Crippen LogP contribution in [0.15, 0.2) is 10.9 Å². The van der Waals surface area contributed by atoms with Gasteiger partial charge < -0.3 is 17.8 Å². The van der Waals surface area contributed by atoms with Crippen LogP contribution in [0.4, 0.5) is 12.9 Å². The van der Waals surface area contributed by atoms with Crippen molar-refractivity contribution < 1.29 is 64.3 Å². The molecule has 0 unspecified atom stereocenters. The molecule has 0 amide bonds. The number of rotatable bonds is 4.